The van der Waals surface area contributed by atoms with E-state index in [4.69, 9.17) is 0 Å². The molecule has 24 heavy (non-hydrogen) atoms. The Balaban J connectivity index is 1.43. The molecule has 5 nitrogen and oxygen atoms in total. The quantitative estimate of drug-likeness (QED) is 0.911. The van der Waals surface area contributed by atoms with Crippen molar-refractivity contribution in [1.82, 2.24) is 15.2 Å². The van der Waals surface area contributed by atoms with E-state index in [1.54, 1.807) is 12.4 Å². The molecule has 0 atom stereocenters. The van der Waals surface area contributed by atoms with Crippen LogP contribution in [0.15, 0.2) is 48.8 Å². The Morgan fingerprint density at radius 3 is 2.58 bits per heavy atom. The van der Waals surface area contributed by atoms with Gasteiger partial charge in [-0.3, -0.25) is 9.78 Å². The highest BCUT2D eigenvalue weighted by Gasteiger charge is 2.20. The number of rotatable bonds is 5. The lowest BCUT2D eigenvalue weighted by atomic mass is 10.2. The van der Waals surface area contributed by atoms with Gasteiger partial charge in [-0.2, -0.15) is 0 Å². The van der Waals surface area contributed by atoms with Crippen LogP contribution < -0.4 is 10.2 Å². The number of benzene rings is 1. The average molecular weight is 324 g/mol. The van der Waals surface area contributed by atoms with Crippen LogP contribution in [0.25, 0.3) is 0 Å². The average Bonchev–Trinajstić information content (AvgIpc) is 2.63. The Kier molecular flexibility index (Phi) is 5.43. The summed E-state index contributed by atoms with van der Waals surface area (Å²) in [5.74, 6) is 0.174. The molecule has 1 aliphatic heterocycles. The molecule has 1 fully saturated rings. The Labute approximate surface area is 143 Å². The number of hydrogen-bond acceptors (Lipinski definition) is 4. The molecule has 1 aliphatic rings. The monoisotopic (exact) mass is 324 g/mol. The highest BCUT2D eigenvalue weighted by molar-refractivity contribution is 5.78. The number of hydrogen-bond donors (Lipinski definition) is 1. The van der Waals surface area contributed by atoms with E-state index < -0.39 is 0 Å². The maximum absolute atomic E-state index is 12.3. The number of nitrogens with one attached hydrogen (secondary N) is 1. The number of aromatic nitrogens is 1. The third kappa shape index (κ3) is 4.32. The van der Waals surface area contributed by atoms with E-state index in [0.29, 0.717) is 13.1 Å². The molecule has 1 aromatic carbocycles. The number of amides is 1. The van der Waals surface area contributed by atoms with Crippen LogP contribution in [0.5, 0.6) is 0 Å². The molecule has 0 unspecified atom stereocenters. The topological polar surface area (TPSA) is 48.5 Å². The normalized spacial score (nSPS) is 14.7. The van der Waals surface area contributed by atoms with Crippen molar-refractivity contribution < 1.29 is 4.79 Å². The highest BCUT2D eigenvalue weighted by atomic mass is 16.2. The van der Waals surface area contributed by atoms with Crippen LogP contribution >= 0.6 is 0 Å². The van der Waals surface area contributed by atoms with Gasteiger partial charge in [-0.05, 0) is 42.3 Å². The van der Waals surface area contributed by atoms with Gasteiger partial charge in [-0.1, -0.05) is 12.1 Å². The van der Waals surface area contributed by atoms with Gasteiger partial charge in [0.05, 0.1) is 6.54 Å². The molecule has 1 N–H and O–H groups in total. The maximum Gasteiger partial charge on any atom is 0.236 e. The van der Waals surface area contributed by atoms with Crippen LogP contribution in [0.1, 0.15) is 11.1 Å². The first kappa shape index (κ1) is 16.5. The fourth-order valence-corrected chi connectivity index (χ4v) is 2.96. The van der Waals surface area contributed by atoms with Crippen LogP contribution in [0, 0.1) is 6.92 Å². The molecular weight excluding hydrogens is 300 g/mol. The third-order valence-electron chi connectivity index (χ3n) is 4.35. The molecule has 126 valence electrons. The molecule has 1 saturated heterocycles. The van der Waals surface area contributed by atoms with Gasteiger partial charge in [-0.15, -0.1) is 0 Å². The summed E-state index contributed by atoms with van der Waals surface area (Å²) in [6.45, 7) is 6.52. The van der Waals surface area contributed by atoms with E-state index in [0.717, 1.165) is 31.7 Å². The Morgan fingerprint density at radius 1 is 1.12 bits per heavy atom. The van der Waals surface area contributed by atoms with E-state index in [2.05, 4.69) is 46.4 Å². The summed E-state index contributed by atoms with van der Waals surface area (Å²) in [5, 5.41) is 3.22. The first-order chi connectivity index (χ1) is 11.7. The fourth-order valence-electron chi connectivity index (χ4n) is 2.96. The van der Waals surface area contributed by atoms with E-state index >= 15 is 0 Å². The van der Waals surface area contributed by atoms with Crippen molar-refractivity contribution in [3.8, 4) is 0 Å². The number of nitrogens with zero attached hydrogens (tertiary/aromatic N) is 3. The lowest BCUT2D eigenvalue weighted by Crippen LogP contribution is -2.50. The fraction of sp³-hybridized carbons (Fsp3) is 0.368. The zero-order valence-corrected chi connectivity index (χ0v) is 14.1. The first-order valence-electron chi connectivity index (χ1n) is 8.41. The SMILES string of the molecule is Cc1cccc(N2CCN(C(=O)CNCc3ccncc3)CC2)c1. The number of aryl methyl sites for hydroxylation is 1. The predicted octanol–water partition coefficient (Wildman–Crippen LogP) is 1.83. The highest BCUT2D eigenvalue weighted by Crippen LogP contribution is 2.17. The zero-order chi connectivity index (χ0) is 16.8. The van der Waals surface area contributed by atoms with Crippen LogP contribution in [0.2, 0.25) is 0 Å². The summed E-state index contributed by atoms with van der Waals surface area (Å²) in [5.41, 5.74) is 3.66. The number of pyridine rings is 1. The smallest absolute Gasteiger partial charge is 0.236 e. The summed E-state index contributed by atoms with van der Waals surface area (Å²) in [6, 6.07) is 12.5. The summed E-state index contributed by atoms with van der Waals surface area (Å²) >= 11 is 0. The largest absolute Gasteiger partial charge is 0.368 e. The molecule has 5 heteroatoms. The van der Waals surface area contributed by atoms with Crippen molar-refractivity contribution in [3.63, 3.8) is 0 Å². The molecule has 3 rings (SSSR count). The number of carbonyl (C=O) groups excluding carboxylic acids is 1. The minimum absolute atomic E-state index is 0.174. The van der Waals surface area contributed by atoms with Crippen LogP contribution in [0.4, 0.5) is 5.69 Å². The standard InChI is InChI=1S/C19H24N4O/c1-16-3-2-4-18(13-16)22-9-11-23(12-10-22)19(24)15-21-14-17-5-7-20-8-6-17/h2-8,13,21H,9-12,14-15H2,1H3. The lowest BCUT2D eigenvalue weighted by molar-refractivity contribution is -0.130. The van der Waals surface area contributed by atoms with E-state index in [1.807, 2.05) is 17.0 Å². The van der Waals surface area contributed by atoms with Gasteiger partial charge >= 0.3 is 0 Å². The Morgan fingerprint density at radius 2 is 1.88 bits per heavy atom. The summed E-state index contributed by atoms with van der Waals surface area (Å²) in [4.78, 5) is 20.6. The molecule has 2 aromatic rings. The first-order valence-corrected chi connectivity index (χ1v) is 8.41. The van der Waals surface area contributed by atoms with Gasteiger partial charge in [0.1, 0.15) is 0 Å². The van der Waals surface area contributed by atoms with Gasteiger partial charge in [0.15, 0.2) is 0 Å². The van der Waals surface area contributed by atoms with Crippen molar-refractivity contribution in [1.29, 1.82) is 0 Å². The number of piperazine rings is 1. The minimum Gasteiger partial charge on any atom is -0.368 e. The van der Waals surface area contributed by atoms with E-state index in [9.17, 15) is 4.79 Å². The van der Waals surface area contributed by atoms with Crippen LogP contribution in [-0.4, -0.2) is 48.5 Å². The van der Waals surface area contributed by atoms with E-state index in [-0.39, 0.29) is 5.91 Å². The number of carbonyl (C=O) groups is 1. The second-order valence-electron chi connectivity index (χ2n) is 6.17. The van der Waals surface area contributed by atoms with Gasteiger partial charge < -0.3 is 15.1 Å². The van der Waals surface area contributed by atoms with Gasteiger partial charge in [0, 0.05) is 50.8 Å². The van der Waals surface area contributed by atoms with Crippen LogP contribution in [-0.2, 0) is 11.3 Å². The molecule has 0 bridgehead atoms. The van der Waals surface area contributed by atoms with Crippen molar-refractivity contribution in [2.24, 2.45) is 0 Å². The van der Waals surface area contributed by atoms with E-state index in [1.165, 1.54) is 11.3 Å². The van der Waals surface area contributed by atoms with Gasteiger partial charge in [-0.25, -0.2) is 0 Å². The molecule has 0 spiro atoms. The predicted molar refractivity (Wildman–Crippen MR) is 95.9 cm³/mol. The second-order valence-corrected chi connectivity index (χ2v) is 6.17. The van der Waals surface area contributed by atoms with Gasteiger partial charge in [0.2, 0.25) is 5.91 Å². The van der Waals surface area contributed by atoms with Crippen molar-refractivity contribution in [2.75, 3.05) is 37.6 Å². The summed E-state index contributed by atoms with van der Waals surface area (Å²) in [7, 11) is 0. The molecule has 2 heterocycles. The Bertz CT molecular complexity index is 666. The second kappa shape index (κ2) is 7.93. The zero-order valence-electron chi connectivity index (χ0n) is 14.1. The maximum atomic E-state index is 12.3. The molecule has 1 amide bonds. The minimum atomic E-state index is 0.174. The summed E-state index contributed by atoms with van der Waals surface area (Å²) in [6.07, 6.45) is 3.53. The molecule has 0 saturated carbocycles. The van der Waals surface area contributed by atoms with Crippen molar-refractivity contribution >= 4 is 11.6 Å². The Hall–Kier alpha value is -2.40. The number of anilines is 1. The van der Waals surface area contributed by atoms with Crippen LogP contribution in [0.3, 0.4) is 0 Å². The lowest BCUT2D eigenvalue weighted by Gasteiger charge is -2.36. The molecular formula is C19H24N4O. The molecule has 1 aromatic heterocycles. The van der Waals surface area contributed by atoms with Crippen molar-refractivity contribution in [3.05, 3.63) is 59.9 Å². The van der Waals surface area contributed by atoms with Gasteiger partial charge in [0.25, 0.3) is 0 Å². The third-order valence-corrected chi connectivity index (χ3v) is 4.35. The molecule has 0 radical (unpaired) electrons. The van der Waals surface area contributed by atoms with Crippen molar-refractivity contribution in [2.45, 2.75) is 13.5 Å². The summed E-state index contributed by atoms with van der Waals surface area (Å²) < 4.78 is 0. The molecule has 0 aliphatic carbocycles.